The largest absolute Gasteiger partial charge is 0.497 e. The predicted octanol–water partition coefficient (Wildman–Crippen LogP) is 4.76. The summed E-state index contributed by atoms with van der Waals surface area (Å²) in [6.07, 6.45) is 1.76. The molecule has 0 aromatic heterocycles. The zero-order chi connectivity index (χ0) is 18.0. The molecule has 0 N–H and O–H groups in total. The zero-order valence-corrected chi connectivity index (χ0v) is 15.9. The molecule has 128 valence electrons. The number of rotatable bonds is 4. The first kappa shape index (κ1) is 17.8. The molecule has 1 amide bonds. The van der Waals surface area contributed by atoms with Crippen LogP contribution in [0.3, 0.4) is 0 Å². The second kappa shape index (κ2) is 7.47. The number of ether oxygens (including phenoxy) is 2. The summed E-state index contributed by atoms with van der Waals surface area (Å²) in [4.78, 5) is 14.8. The summed E-state index contributed by atoms with van der Waals surface area (Å²) in [5.74, 6) is 1.13. The maximum atomic E-state index is 12.8. The average molecular weight is 392 g/mol. The molecule has 3 rings (SSSR count). The standard InChI is InChI=1S/C18H14ClNO3S2/c1-22-14-6-7-15(23-2)11(8-14)9-16-17(21)20(18(24)25-16)13-5-3-4-12(19)10-13/h3-10H,1-2H3. The van der Waals surface area contributed by atoms with Crippen molar-refractivity contribution >= 4 is 57.6 Å². The van der Waals surface area contributed by atoms with Crippen molar-refractivity contribution in [2.75, 3.05) is 19.1 Å². The van der Waals surface area contributed by atoms with Gasteiger partial charge in [0.2, 0.25) is 0 Å². The highest BCUT2D eigenvalue weighted by molar-refractivity contribution is 8.27. The van der Waals surface area contributed by atoms with Gasteiger partial charge in [-0.05, 0) is 42.5 Å². The lowest BCUT2D eigenvalue weighted by atomic mass is 10.1. The van der Waals surface area contributed by atoms with E-state index >= 15 is 0 Å². The number of thioether (sulfide) groups is 1. The number of halogens is 1. The van der Waals surface area contributed by atoms with Crippen LogP contribution < -0.4 is 14.4 Å². The number of hydrogen-bond donors (Lipinski definition) is 0. The molecule has 0 aliphatic carbocycles. The van der Waals surface area contributed by atoms with E-state index in [0.29, 0.717) is 31.4 Å². The van der Waals surface area contributed by atoms with E-state index in [4.69, 9.17) is 33.3 Å². The Bertz CT molecular complexity index is 882. The second-order valence-corrected chi connectivity index (χ2v) is 7.22. The number of benzene rings is 2. The number of hydrogen-bond acceptors (Lipinski definition) is 5. The van der Waals surface area contributed by atoms with E-state index in [9.17, 15) is 4.79 Å². The molecule has 2 aromatic rings. The van der Waals surface area contributed by atoms with Gasteiger partial charge >= 0.3 is 0 Å². The van der Waals surface area contributed by atoms with Crippen LogP contribution in [0.1, 0.15) is 5.56 Å². The minimum atomic E-state index is -0.192. The van der Waals surface area contributed by atoms with E-state index in [1.807, 2.05) is 6.07 Å². The molecule has 0 atom stereocenters. The smallest absolute Gasteiger partial charge is 0.270 e. The van der Waals surface area contributed by atoms with Gasteiger partial charge in [-0.15, -0.1) is 0 Å². The number of amides is 1. The molecule has 2 aromatic carbocycles. The zero-order valence-electron chi connectivity index (χ0n) is 13.5. The summed E-state index contributed by atoms with van der Waals surface area (Å²) in [5.41, 5.74) is 1.39. The molecule has 1 heterocycles. The molecule has 1 fully saturated rings. The Balaban J connectivity index is 1.98. The van der Waals surface area contributed by atoms with E-state index < -0.39 is 0 Å². The van der Waals surface area contributed by atoms with Gasteiger partial charge in [-0.2, -0.15) is 0 Å². The molecule has 0 unspecified atom stereocenters. The van der Waals surface area contributed by atoms with Crippen molar-refractivity contribution in [3.05, 3.63) is 58.0 Å². The molecule has 0 spiro atoms. The first-order valence-electron chi connectivity index (χ1n) is 7.29. The quantitative estimate of drug-likeness (QED) is 0.554. The minimum absolute atomic E-state index is 0.192. The second-order valence-electron chi connectivity index (χ2n) is 5.10. The maximum Gasteiger partial charge on any atom is 0.270 e. The van der Waals surface area contributed by atoms with Crippen LogP contribution in [0.4, 0.5) is 5.69 Å². The molecule has 1 saturated heterocycles. The molecule has 1 aliphatic rings. The van der Waals surface area contributed by atoms with Gasteiger partial charge in [-0.25, -0.2) is 0 Å². The Kier molecular flexibility index (Phi) is 5.32. The van der Waals surface area contributed by atoms with Crippen molar-refractivity contribution in [3.8, 4) is 11.5 Å². The summed E-state index contributed by atoms with van der Waals surface area (Å²) in [6.45, 7) is 0. The third kappa shape index (κ3) is 3.66. The number of carbonyl (C=O) groups excluding carboxylic acids is 1. The average Bonchev–Trinajstić information content (AvgIpc) is 2.88. The molecule has 4 nitrogen and oxygen atoms in total. The molecule has 1 aliphatic heterocycles. The fourth-order valence-electron chi connectivity index (χ4n) is 2.40. The van der Waals surface area contributed by atoms with Crippen LogP contribution >= 0.6 is 35.6 Å². The van der Waals surface area contributed by atoms with Crippen LogP contribution in [-0.2, 0) is 4.79 Å². The van der Waals surface area contributed by atoms with Gasteiger partial charge in [-0.3, -0.25) is 9.69 Å². The Labute approximate surface area is 160 Å². The van der Waals surface area contributed by atoms with Gasteiger partial charge in [0, 0.05) is 10.6 Å². The summed E-state index contributed by atoms with van der Waals surface area (Å²) in [6, 6.07) is 12.4. The van der Waals surface area contributed by atoms with E-state index in [-0.39, 0.29) is 5.91 Å². The third-order valence-corrected chi connectivity index (χ3v) is 5.12. The highest BCUT2D eigenvalue weighted by atomic mass is 35.5. The van der Waals surface area contributed by atoms with E-state index in [1.54, 1.807) is 56.7 Å². The molecule has 0 radical (unpaired) electrons. The normalized spacial score (nSPS) is 15.8. The van der Waals surface area contributed by atoms with Crippen molar-refractivity contribution < 1.29 is 14.3 Å². The summed E-state index contributed by atoms with van der Waals surface area (Å²) in [5, 5.41) is 0.546. The monoisotopic (exact) mass is 391 g/mol. The van der Waals surface area contributed by atoms with Crippen LogP contribution in [-0.4, -0.2) is 24.4 Å². The molecule has 7 heteroatoms. The lowest BCUT2D eigenvalue weighted by Crippen LogP contribution is -2.27. The van der Waals surface area contributed by atoms with Crippen molar-refractivity contribution in [3.63, 3.8) is 0 Å². The van der Waals surface area contributed by atoms with Crippen molar-refractivity contribution in [2.24, 2.45) is 0 Å². The lowest BCUT2D eigenvalue weighted by molar-refractivity contribution is -0.113. The first-order valence-corrected chi connectivity index (χ1v) is 8.89. The van der Waals surface area contributed by atoms with Gasteiger partial charge in [0.15, 0.2) is 4.32 Å². The van der Waals surface area contributed by atoms with E-state index in [1.165, 1.54) is 16.7 Å². The summed E-state index contributed by atoms with van der Waals surface area (Å²) < 4.78 is 11.1. The number of anilines is 1. The Morgan fingerprint density at radius 3 is 2.64 bits per heavy atom. The predicted molar refractivity (Wildman–Crippen MR) is 107 cm³/mol. The Morgan fingerprint density at radius 1 is 1.16 bits per heavy atom. The highest BCUT2D eigenvalue weighted by Crippen LogP contribution is 2.38. The van der Waals surface area contributed by atoms with Crippen LogP contribution in [0.2, 0.25) is 5.02 Å². The third-order valence-electron chi connectivity index (χ3n) is 3.58. The highest BCUT2D eigenvalue weighted by Gasteiger charge is 2.33. The van der Waals surface area contributed by atoms with E-state index in [0.717, 1.165) is 5.56 Å². The Morgan fingerprint density at radius 2 is 1.96 bits per heavy atom. The van der Waals surface area contributed by atoms with Gasteiger partial charge in [-0.1, -0.05) is 41.6 Å². The molecule has 0 bridgehead atoms. The minimum Gasteiger partial charge on any atom is -0.497 e. The number of nitrogens with zero attached hydrogens (tertiary/aromatic N) is 1. The van der Waals surface area contributed by atoms with Crippen LogP contribution in [0, 0.1) is 0 Å². The fourth-order valence-corrected chi connectivity index (χ4v) is 3.87. The topological polar surface area (TPSA) is 38.8 Å². The fraction of sp³-hybridized carbons (Fsp3) is 0.111. The van der Waals surface area contributed by atoms with Gasteiger partial charge in [0.1, 0.15) is 11.5 Å². The van der Waals surface area contributed by atoms with Crippen LogP contribution in [0.5, 0.6) is 11.5 Å². The number of carbonyl (C=O) groups is 1. The molecule has 0 saturated carbocycles. The van der Waals surface area contributed by atoms with Crippen LogP contribution in [0.25, 0.3) is 6.08 Å². The van der Waals surface area contributed by atoms with Crippen molar-refractivity contribution in [1.29, 1.82) is 0 Å². The van der Waals surface area contributed by atoms with Gasteiger partial charge in [0.05, 0.1) is 24.8 Å². The molecule has 25 heavy (non-hydrogen) atoms. The first-order chi connectivity index (χ1) is 12.0. The van der Waals surface area contributed by atoms with E-state index in [2.05, 4.69) is 0 Å². The Hall–Kier alpha value is -2.02. The number of thiocarbonyl (C=S) groups is 1. The van der Waals surface area contributed by atoms with Crippen molar-refractivity contribution in [2.45, 2.75) is 0 Å². The number of methoxy groups -OCH3 is 2. The molecular weight excluding hydrogens is 378 g/mol. The van der Waals surface area contributed by atoms with Gasteiger partial charge < -0.3 is 9.47 Å². The van der Waals surface area contributed by atoms with Gasteiger partial charge in [0.25, 0.3) is 5.91 Å². The summed E-state index contributed by atoms with van der Waals surface area (Å²) in [7, 11) is 3.17. The SMILES string of the molecule is COc1ccc(OC)c(C=C2SC(=S)N(c3cccc(Cl)c3)C2=O)c1. The van der Waals surface area contributed by atoms with Crippen LogP contribution in [0.15, 0.2) is 47.4 Å². The lowest BCUT2D eigenvalue weighted by Gasteiger charge is -2.14. The summed E-state index contributed by atoms with van der Waals surface area (Å²) >= 11 is 12.6. The maximum absolute atomic E-state index is 12.8. The molecular formula is C18H14ClNO3S2. The van der Waals surface area contributed by atoms with Crippen molar-refractivity contribution in [1.82, 2.24) is 0 Å².